The zero-order chi connectivity index (χ0) is 16.9. The Bertz CT molecular complexity index is 632. The summed E-state index contributed by atoms with van der Waals surface area (Å²) in [7, 11) is 0. The van der Waals surface area contributed by atoms with Crippen molar-refractivity contribution in [3.8, 4) is 0 Å². The molecule has 0 radical (unpaired) electrons. The maximum atomic E-state index is 12.6. The highest BCUT2D eigenvalue weighted by Crippen LogP contribution is 2.72. The van der Waals surface area contributed by atoms with Gasteiger partial charge in [-0.25, -0.2) is 0 Å². The second kappa shape index (κ2) is 4.73. The third kappa shape index (κ3) is 1.60. The molecule has 0 aromatic carbocycles. The summed E-state index contributed by atoms with van der Waals surface area (Å²) in [6.07, 6.45) is 6.44. The fraction of sp³-hybridized carbons (Fsp3) is 0.900. The van der Waals surface area contributed by atoms with Crippen LogP contribution in [0, 0.1) is 34.5 Å². The predicted octanol–water partition coefficient (Wildman–Crippen LogP) is 3.92. The molecule has 0 aromatic rings. The fourth-order valence-electron chi connectivity index (χ4n) is 7.78. The first-order valence-electron chi connectivity index (χ1n) is 9.69. The molecule has 0 amide bonds. The van der Waals surface area contributed by atoms with E-state index in [1.807, 2.05) is 0 Å². The van der Waals surface area contributed by atoms with E-state index in [0.717, 1.165) is 38.7 Å². The third-order valence-corrected chi connectivity index (χ3v) is 10.5. The molecule has 1 heterocycles. The van der Waals surface area contributed by atoms with Crippen LogP contribution in [0.2, 0.25) is 0 Å². The standard InChI is InChI=1S/C20H27BrO3/c1-11-16-13-3-4-15(23)18(13,2)7-6-14(16)19-8-5-12(22)9-20(19,21)17(11)24-10-19/h11,13-14,16-17H,3-10H2,1-2H3/t11-,13-,14-,16-,17+,18-,19-,20-/m0/s1. The van der Waals surface area contributed by atoms with Crippen LogP contribution in [0.15, 0.2) is 0 Å². The highest BCUT2D eigenvalue weighted by molar-refractivity contribution is 9.10. The lowest BCUT2D eigenvalue weighted by atomic mass is 9.43. The van der Waals surface area contributed by atoms with Crippen molar-refractivity contribution in [3.05, 3.63) is 0 Å². The van der Waals surface area contributed by atoms with E-state index in [-0.39, 0.29) is 21.3 Å². The number of Topliss-reactive ketones (excluding diaryl/α,β-unsaturated/α-hetero) is 2. The van der Waals surface area contributed by atoms with Crippen molar-refractivity contribution in [2.45, 2.75) is 69.2 Å². The van der Waals surface area contributed by atoms with Gasteiger partial charge in [-0.2, -0.15) is 0 Å². The molecular weight excluding hydrogens is 368 g/mol. The van der Waals surface area contributed by atoms with Gasteiger partial charge in [-0.15, -0.1) is 0 Å². The topological polar surface area (TPSA) is 43.4 Å². The number of rotatable bonds is 0. The Balaban J connectivity index is 1.62. The number of alkyl halides is 1. The Labute approximate surface area is 152 Å². The van der Waals surface area contributed by atoms with Gasteiger partial charge in [-0.05, 0) is 49.4 Å². The molecule has 8 atom stereocenters. The molecule has 4 saturated carbocycles. The van der Waals surface area contributed by atoms with Gasteiger partial charge >= 0.3 is 0 Å². The summed E-state index contributed by atoms with van der Waals surface area (Å²) >= 11 is 4.08. The van der Waals surface area contributed by atoms with Crippen molar-refractivity contribution in [3.63, 3.8) is 0 Å². The number of ether oxygens (including phenoxy) is 1. The highest BCUT2D eigenvalue weighted by Gasteiger charge is 2.74. The highest BCUT2D eigenvalue weighted by atomic mass is 79.9. The summed E-state index contributed by atoms with van der Waals surface area (Å²) in [5.41, 5.74) is 0.0119. The lowest BCUT2D eigenvalue weighted by Gasteiger charge is -2.63. The van der Waals surface area contributed by atoms with Gasteiger partial charge in [0.25, 0.3) is 0 Å². The van der Waals surface area contributed by atoms with Gasteiger partial charge < -0.3 is 4.74 Å². The average molecular weight is 395 g/mol. The molecule has 0 spiro atoms. The van der Waals surface area contributed by atoms with Crippen LogP contribution in [-0.2, 0) is 14.3 Å². The Morgan fingerprint density at radius 1 is 1.12 bits per heavy atom. The van der Waals surface area contributed by atoms with Gasteiger partial charge in [0.1, 0.15) is 11.6 Å². The molecule has 5 aliphatic rings. The Morgan fingerprint density at radius 3 is 2.71 bits per heavy atom. The second-order valence-corrected chi connectivity index (χ2v) is 10.9. The van der Waals surface area contributed by atoms with Crippen molar-refractivity contribution < 1.29 is 14.3 Å². The fourth-order valence-corrected chi connectivity index (χ4v) is 9.25. The normalized spacial score (nSPS) is 59.0. The van der Waals surface area contributed by atoms with Crippen LogP contribution in [0.1, 0.15) is 58.8 Å². The molecule has 3 nitrogen and oxygen atoms in total. The van der Waals surface area contributed by atoms with Crippen molar-refractivity contribution in [1.29, 1.82) is 0 Å². The summed E-state index contributed by atoms with van der Waals surface area (Å²) in [6.45, 7) is 5.37. The monoisotopic (exact) mass is 394 g/mol. The van der Waals surface area contributed by atoms with Crippen LogP contribution in [-0.4, -0.2) is 28.6 Å². The van der Waals surface area contributed by atoms with Crippen LogP contribution in [0.5, 0.6) is 0 Å². The summed E-state index contributed by atoms with van der Waals surface area (Å²) in [5, 5.41) is 0. The number of halogens is 1. The number of carbonyl (C=O) groups is 2. The summed E-state index contributed by atoms with van der Waals surface area (Å²) < 4.78 is 6.23. The van der Waals surface area contributed by atoms with Crippen LogP contribution < -0.4 is 0 Å². The van der Waals surface area contributed by atoms with Crippen molar-refractivity contribution in [1.82, 2.24) is 0 Å². The van der Waals surface area contributed by atoms with E-state index >= 15 is 0 Å². The van der Waals surface area contributed by atoms with E-state index in [1.165, 1.54) is 0 Å². The zero-order valence-electron chi connectivity index (χ0n) is 14.6. The van der Waals surface area contributed by atoms with E-state index < -0.39 is 0 Å². The van der Waals surface area contributed by atoms with E-state index in [9.17, 15) is 9.59 Å². The van der Waals surface area contributed by atoms with Gasteiger partial charge in [-0.3, -0.25) is 9.59 Å². The lowest BCUT2D eigenvalue weighted by molar-refractivity contribution is -0.144. The molecule has 4 aliphatic carbocycles. The van der Waals surface area contributed by atoms with E-state index in [0.29, 0.717) is 48.1 Å². The number of carbonyl (C=O) groups excluding carboxylic acids is 2. The Morgan fingerprint density at radius 2 is 1.92 bits per heavy atom. The van der Waals surface area contributed by atoms with Crippen molar-refractivity contribution >= 4 is 27.5 Å². The molecule has 0 N–H and O–H groups in total. The molecule has 1 saturated heterocycles. The lowest BCUT2D eigenvalue weighted by Crippen LogP contribution is -2.65. The van der Waals surface area contributed by atoms with Gasteiger partial charge in [-0.1, -0.05) is 29.8 Å². The molecule has 5 fully saturated rings. The summed E-state index contributed by atoms with van der Waals surface area (Å²) in [6, 6.07) is 0. The number of ketones is 2. The Hall–Kier alpha value is -0.220. The van der Waals surface area contributed by atoms with Gasteiger partial charge in [0.2, 0.25) is 0 Å². The first kappa shape index (κ1) is 16.0. The molecule has 1 aliphatic heterocycles. The first-order chi connectivity index (χ1) is 11.3. The second-order valence-electron chi connectivity index (χ2n) is 9.53. The van der Waals surface area contributed by atoms with Gasteiger partial charge in [0.05, 0.1) is 17.0 Å². The maximum absolute atomic E-state index is 12.6. The molecule has 24 heavy (non-hydrogen) atoms. The van der Waals surface area contributed by atoms with Gasteiger partial charge in [0.15, 0.2) is 0 Å². The third-order valence-electron chi connectivity index (χ3n) is 8.94. The van der Waals surface area contributed by atoms with Crippen LogP contribution in [0.25, 0.3) is 0 Å². The Kier molecular flexibility index (Phi) is 3.15. The quantitative estimate of drug-likeness (QED) is 0.584. The largest absolute Gasteiger partial charge is 0.376 e. The minimum Gasteiger partial charge on any atom is -0.376 e. The van der Waals surface area contributed by atoms with Crippen molar-refractivity contribution in [2.75, 3.05) is 6.61 Å². The smallest absolute Gasteiger partial charge is 0.139 e. The molecule has 2 bridgehead atoms. The number of hydrogen-bond donors (Lipinski definition) is 0. The maximum Gasteiger partial charge on any atom is 0.139 e. The number of hydrogen-bond acceptors (Lipinski definition) is 3. The molecule has 132 valence electrons. The minimum absolute atomic E-state index is 0.0949. The summed E-state index contributed by atoms with van der Waals surface area (Å²) in [5.74, 6) is 3.02. The van der Waals surface area contributed by atoms with E-state index in [2.05, 4.69) is 29.8 Å². The molecular formula is C20H27BrO3. The summed E-state index contributed by atoms with van der Waals surface area (Å²) in [4.78, 5) is 24.8. The van der Waals surface area contributed by atoms with Crippen LogP contribution >= 0.6 is 15.9 Å². The molecule has 0 aromatic heterocycles. The number of fused-ring (bicyclic) bond motifs is 3. The first-order valence-corrected chi connectivity index (χ1v) is 10.5. The van der Waals surface area contributed by atoms with E-state index in [4.69, 9.17) is 4.74 Å². The predicted molar refractivity (Wildman–Crippen MR) is 93.9 cm³/mol. The van der Waals surface area contributed by atoms with E-state index in [1.54, 1.807) is 0 Å². The molecule has 4 heteroatoms. The van der Waals surface area contributed by atoms with Gasteiger partial charge in [0, 0.05) is 30.1 Å². The molecule has 5 rings (SSSR count). The minimum atomic E-state index is -0.160. The van der Waals surface area contributed by atoms with Crippen LogP contribution in [0.3, 0.4) is 0 Å². The van der Waals surface area contributed by atoms with Crippen LogP contribution in [0.4, 0.5) is 0 Å². The molecule has 0 unspecified atom stereocenters. The SMILES string of the molecule is C[C@H]1[C@@H]2[C@H](CC[C@]3(C)C(=O)CC[C@@H]23)[C@@]23CCC(=O)C[C@]2(Br)[C@@H]1OC3. The zero-order valence-corrected chi connectivity index (χ0v) is 16.2. The van der Waals surface area contributed by atoms with Crippen molar-refractivity contribution in [2.24, 2.45) is 34.5 Å². The average Bonchev–Trinajstić information content (AvgIpc) is 2.95.